The molecule has 1 aromatic rings. The Morgan fingerprint density at radius 3 is 2.83 bits per heavy atom. The summed E-state index contributed by atoms with van der Waals surface area (Å²) in [6, 6.07) is 0. The van der Waals surface area contributed by atoms with E-state index in [1.165, 1.54) is 11.3 Å². The maximum absolute atomic E-state index is 12.0. The van der Waals surface area contributed by atoms with Crippen molar-refractivity contribution in [3.05, 3.63) is 11.6 Å². The zero-order valence-electron chi connectivity index (χ0n) is 10.4. The first-order chi connectivity index (χ1) is 8.70. The lowest BCUT2D eigenvalue weighted by Crippen LogP contribution is -2.42. The van der Waals surface area contributed by atoms with Crippen molar-refractivity contribution in [1.29, 1.82) is 0 Å². The van der Waals surface area contributed by atoms with Crippen LogP contribution >= 0.6 is 11.3 Å². The van der Waals surface area contributed by atoms with E-state index >= 15 is 0 Å². The summed E-state index contributed by atoms with van der Waals surface area (Å²) in [4.78, 5) is 29.4. The number of carbonyl (C=O) groups is 2. The van der Waals surface area contributed by atoms with Crippen LogP contribution in [0.25, 0.3) is 0 Å². The van der Waals surface area contributed by atoms with Gasteiger partial charge in [-0.3, -0.25) is 9.59 Å². The Balaban J connectivity index is 1.85. The molecule has 0 spiro atoms. The van der Waals surface area contributed by atoms with Crippen LogP contribution in [0.15, 0.2) is 11.6 Å². The smallest absolute Gasteiger partial charge is 0.245 e. The molecule has 0 radical (unpaired) electrons. The van der Waals surface area contributed by atoms with Crippen molar-refractivity contribution in [2.45, 2.75) is 26.2 Å². The van der Waals surface area contributed by atoms with E-state index in [1.54, 1.807) is 16.5 Å². The first-order valence-electron chi connectivity index (χ1n) is 6.19. The minimum Gasteiger partial charge on any atom is -0.333 e. The summed E-state index contributed by atoms with van der Waals surface area (Å²) >= 11 is 1.37. The molecule has 1 saturated carbocycles. The monoisotopic (exact) mass is 267 g/mol. The van der Waals surface area contributed by atoms with Gasteiger partial charge in [0.25, 0.3) is 0 Å². The number of rotatable bonds is 5. The lowest BCUT2D eigenvalue weighted by Gasteiger charge is -2.30. The summed E-state index contributed by atoms with van der Waals surface area (Å²) in [6.07, 6.45) is 4.68. The molecule has 5 nitrogen and oxygen atoms in total. The molecule has 1 N–H and O–H groups in total. The molecule has 1 aliphatic carbocycles. The summed E-state index contributed by atoms with van der Waals surface area (Å²) < 4.78 is 0. The molecule has 0 saturated heterocycles. The maximum atomic E-state index is 12.0. The Hall–Kier alpha value is -1.43. The summed E-state index contributed by atoms with van der Waals surface area (Å²) in [7, 11) is 0. The van der Waals surface area contributed by atoms with Gasteiger partial charge in [0.2, 0.25) is 11.8 Å². The Morgan fingerprint density at radius 1 is 1.56 bits per heavy atom. The molecule has 2 rings (SSSR count). The second-order valence-corrected chi connectivity index (χ2v) is 5.26. The second-order valence-electron chi connectivity index (χ2n) is 4.37. The van der Waals surface area contributed by atoms with E-state index < -0.39 is 0 Å². The van der Waals surface area contributed by atoms with Gasteiger partial charge in [0.1, 0.15) is 0 Å². The largest absolute Gasteiger partial charge is 0.333 e. The number of likely N-dealkylation sites (N-methyl/N-ethyl adjacent to an activating group) is 1. The van der Waals surface area contributed by atoms with Gasteiger partial charge in [-0.15, -0.1) is 11.3 Å². The van der Waals surface area contributed by atoms with Crippen molar-refractivity contribution >= 4 is 28.3 Å². The van der Waals surface area contributed by atoms with Gasteiger partial charge in [-0.2, -0.15) is 0 Å². The molecule has 0 aliphatic heterocycles. The number of hydrogen-bond acceptors (Lipinski definition) is 4. The lowest BCUT2D eigenvalue weighted by molar-refractivity contribution is -0.140. The third-order valence-electron chi connectivity index (χ3n) is 3.16. The quantitative estimate of drug-likeness (QED) is 0.883. The zero-order valence-corrected chi connectivity index (χ0v) is 11.2. The average Bonchev–Trinajstić information content (AvgIpc) is 2.76. The number of thiazole rings is 1. The fourth-order valence-electron chi connectivity index (χ4n) is 1.88. The van der Waals surface area contributed by atoms with Crippen LogP contribution in [0.5, 0.6) is 0 Å². The first-order valence-corrected chi connectivity index (χ1v) is 7.06. The third kappa shape index (κ3) is 3.07. The highest BCUT2D eigenvalue weighted by molar-refractivity contribution is 7.13. The Kier molecular flexibility index (Phi) is 4.30. The predicted molar refractivity (Wildman–Crippen MR) is 70.3 cm³/mol. The van der Waals surface area contributed by atoms with Crippen LogP contribution in [0, 0.1) is 5.92 Å². The normalized spacial score (nSPS) is 14.9. The van der Waals surface area contributed by atoms with Gasteiger partial charge < -0.3 is 10.2 Å². The Labute approximate surface area is 110 Å². The van der Waals surface area contributed by atoms with Crippen molar-refractivity contribution in [2.75, 3.05) is 18.4 Å². The molecule has 6 heteroatoms. The molecular weight excluding hydrogens is 250 g/mol. The van der Waals surface area contributed by atoms with Gasteiger partial charge in [-0.1, -0.05) is 6.42 Å². The van der Waals surface area contributed by atoms with Gasteiger partial charge in [0, 0.05) is 24.0 Å². The van der Waals surface area contributed by atoms with Crippen LogP contribution in [0.1, 0.15) is 26.2 Å². The van der Waals surface area contributed by atoms with E-state index in [9.17, 15) is 9.59 Å². The fraction of sp³-hybridized carbons (Fsp3) is 0.583. The van der Waals surface area contributed by atoms with Gasteiger partial charge in [-0.05, 0) is 19.8 Å². The summed E-state index contributed by atoms with van der Waals surface area (Å²) in [5.41, 5.74) is 0. The molecule has 1 aliphatic rings. The van der Waals surface area contributed by atoms with Crippen molar-refractivity contribution in [2.24, 2.45) is 5.92 Å². The number of nitrogens with zero attached hydrogens (tertiary/aromatic N) is 2. The van der Waals surface area contributed by atoms with Gasteiger partial charge in [0.05, 0.1) is 6.54 Å². The minimum atomic E-state index is -0.181. The lowest BCUT2D eigenvalue weighted by atomic mass is 9.84. The molecule has 1 aromatic heterocycles. The minimum absolute atomic E-state index is 0.109. The topological polar surface area (TPSA) is 62.3 Å². The van der Waals surface area contributed by atoms with Crippen LogP contribution < -0.4 is 5.32 Å². The van der Waals surface area contributed by atoms with Crippen LogP contribution in [-0.2, 0) is 9.59 Å². The highest BCUT2D eigenvalue weighted by Crippen LogP contribution is 2.28. The van der Waals surface area contributed by atoms with Gasteiger partial charge >= 0.3 is 0 Å². The van der Waals surface area contributed by atoms with Crippen LogP contribution in [-0.4, -0.2) is 34.8 Å². The zero-order chi connectivity index (χ0) is 13.0. The van der Waals surface area contributed by atoms with E-state index in [0.29, 0.717) is 11.7 Å². The first kappa shape index (κ1) is 13.0. The molecule has 1 heterocycles. The fourth-order valence-corrected chi connectivity index (χ4v) is 2.42. The molecule has 0 atom stereocenters. The molecule has 98 valence electrons. The van der Waals surface area contributed by atoms with E-state index in [-0.39, 0.29) is 24.3 Å². The maximum Gasteiger partial charge on any atom is 0.245 e. The van der Waals surface area contributed by atoms with Crippen LogP contribution in [0.3, 0.4) is 0 Å². The van der Waals surface area contributed by atoms with Crippen LogP contribution in [0.4, 0.5) is 5.13 Å². The number of nitrogens with one attached hydrogen (secondary N) is 1. The highest BCUT2D eigenvalue weighted by Gasteiger charge is 2.29. The Morgan fingerprint density at radius 2 is 2.33 bits per heavy atom. The number of hydrogen-bond donors (Lipinski definition) is 1. The van der Waals surface area contributed by atoms with E-state index in [2.05, 4.69) is 10.3 Å². The van der Waals surface area contributed by atoms with Gasteiger partial charge in [0.15, 0.2) is 5.13 Å². The SMILES string of the molecule is CCN(CC(=O)Nc1nccs1)C(=O)C1CCC1. The molecule has 2 amide bonds. The second kappa shape index (κ2) is 5.95. The van der Waals surface area contributed by atoms with E-state index in [4.69, 9.17) is 0 Å². The number of aromatic nitrogens is 1. The summed E-state index contributed by atoms with van der Waals surface area (Å²) in [5, 5.41) is 5.07. The summed E-state index contributed by atoms with van der Waals surface area (Å²) in [5.74, 6) is 0.0649. The Bertz CT molecular complexity index is 415. The van der Waals surface area contributed by atoms with Crippen molar-refractivity contribution in [3.63, 3.8) is 0 Å². The molecule has 1 fully saturated rings. The van der Waals surface area contributed by atoms with E-state index in [0.717, 1.165) is 19.3 Å². The molecule has 18 heavy (non-hydrogen) atoms. The standard InChI is InChI=1S/C12H17N3O2S/c1-2-15(11(17)9-4-3-5-9)8-10(16)14-12-13-6-7-18-12/h6-7,9H,2-5,8H2,1H3,(H,13,14,16). The predicted octanol–water partition coefficient (Wildman–Crippen LogP) is 1.73. The highest BCUT2D eigenvalue weighted by atomic mass is 32.1. The number of anilines is 1. The van der Waals surface area contributed by atoms with Crippen molar-refractivity contribution < 1.29 is 9.59 Å². The molecule has 0 unspecified atom stereocenters. The van der Waals surface area contributed by atoms with E-state index in [1.807, 2.05) is 6.92 Å². The average molecular weight is 267 g/mol. The molecule has 0 aromatic carbocycles. The van der Waals surface area contributed by atoms with Crippen LogP contribution in [0.2, 0.25) is 0 Å². The molecular formula is C12H17N3O2S. The summed E-state index contributed by atoms with van der Waals surface area (Å²) in [6.45, 7) is 2.58. The third-order valence-corrected chi connectivity index (χ3v) is 3.85. The van der Waals surface area contributed by atoms with Crippen molar-refractivity contribution in [1.82, 2.24) is 9.88 Å². The van der Waals surface area contributed by atoms with Crippen molar-refractivity contribution in [3.8, 4) is 0 Å². The number of amides is 2. The van der Waals surface area contributed by atoms with Gasteiger partial charge in [-0.25, -0.2) is 4.98 Å². The number of carbonyl (C=O) groups excluding carboxylic acids is 2. The molecule has 0 bridgehead atoms.